The average molecular weight is 336 g/mol. The van der Waals surface area contributed by atoms with Crippen molar-refractivity contribution in [2.75, 3.05) is 31.5 Å². The van der Waals surface area contributed by atoms with Crippen molar-refractivity contribution in [1.82, 2.24) is 10.2 Å². The van der Waals surface area contributed by atoms with Gasteiger partial charge < -0.3 is 15.5 Å². The highest BCUT2D eigenvalue weighted by Gasteiger charge is 2.42. The molecule has 1 atom stereocenters. The Morgan fingerprint density at radius 2 is 2.09 bits per heavy atom. The monoisotopic (exact) mass is 335 g/mol. The smallest absolute Gasteiger partial charge is 0.253 e. The zero-order chi connectivity index (χ0) is 15.2. The number of halogens is 1. The second kappa shape index (κ2) is 6.13. The van der Waals surface area contributed by atoms with Crippen LogP contribution in [0.3, 0.4) is 0 Å². The molecule has 2 N–H and O–H groups in total. The van der Waals surface area contributed by atoms with Gasteiger partial charge in [0.25, 0.3) is 5.91 Å². The number of aryl methyl sites for hydroxylation is 1. The summed E-state index contributed by atoms with van der Waals surface area (Å²) in [5.41, 5.74) is 2.98. The predicted octanol–water partition coefficient (Wildman–Crippen LogP) is 1.82. The van der Waals surface area contributed by atoms with Gasteiger partial charge in [-0.3, -0.25) is 9.59 Å². The molecule has 1 spiro atoms. The molecule has 124 valence electrons. The van der Waals surface area contributed by atoms with E-state index in [1.807, 2.05) is 23.1 Å². The van der Waals surface area contributed by atoms with Crippen LogP contribution in [0, 0.1) is 5.41 Å². The predicted molar refractivity (Wildman–Crippen MR) is 91.1 cm³/mol. The first kappa shape index (κ1) is 16.3. The number of anilines is 1. The fourth-order valence-corrected chi connectivity index (χ4v) is 3.95. The third-order valence-corrected chi connectivity index (χ3v) is 5.31. The van der Waals surface area contributed by atoms with Gasteiger partial charge in [0.15, 0.2) is 0 Å². The molecule has 0 bridgehead atoms. The van der Waals surface area contributed by atoms with E-state index in [1.165, 1.54) is 6.42 Å². The number of carbonyl (C=O) groups is 2. The summed E-state index contributed by atoms with van der Waals surface area (Å²) in [5, 5.41) is 6.28. The minimum atomic E-state index is 0. The van der Waals surface area contributed by atoms with Gasteiger partial charge in [-0.1, -0.05) is 0 Å². The van der Waals surface area contributed by atoms with Gasteiger partial charge >= 0.3 is 0 Å². The fraction of sp³-hybridized carbons (Fsp3) is 0.529. The summed E-state index contributed by atoms with van der Waals surface area (Å²) in [6.45, 7) is 3.83. The standard InChI is InChI=1S/C17H21N3O2.ClH/c21-15-4-2-12-9-13(1-3-14(12)19-15)16(22)20-8-6-17(11-20)5-7-18-10-17;/h1,3,9,18H,2,4-8,10-11H2,(H,19,21);1H. The van der Waals surface area contributed by atoms with Crippen LogP contribution in [-0.2, 0) is 11.2 Å². The van der Waals surface area contributed by atoms with Gasteiger partial charge in [0.1, 0.15) is 0 Å². The Balaban J connectivity index is 0.00000156. The maximum Gasteiger partial charge on any atom is 0.253 e. The Hall–Kier alpha value is -1.59. The van der Waals surface area contributed by atoms with E-state index < -0.39 is 0 Å². The number of fused-ring (bicyclic) bond motifs is 1. The molecule has 0 saturated carbocycles. The molecule has 2 saturated heterocycles. The van der Waals surface area contributed by atoms with Crippen LogP contribution in [0.2, 0.25) is 0 Å². The third kappa shape index (κ3) is 2.95. The summed E-state index contributed by atoms with van der Waals surface area (Å²) in [7, 11) is 0. The number of hydrogen-bond acceptors (Lipinski definition) is 3. The number of nitrogens with one attached hydrogen (secondary N) is 2. The van der Waals surface area contributed by atoms with Crippen molar-refractivity contribution in [3.63, 3.8) is 0 Å². The van der Waals surface area contributed by atoms with E-state index >= 15 is 0 Å². The van der Waals surface area contributed by atoms with Gasteiger partial charge in [0.2, 0.25) is 5.91 Å². The Morgan fingerprint density at radius 1 is 1.22 bits per heavy atom. The van der Waals surface area contributed by atoms with Gasteiger partial charge in [-0.05, 0) is 49.6 Å². The molecular formula is C17H22ClN3O2. The molecule has 3 heterocycles. The third-order valence-electron chi connectivity index (χ3n) is 5.31. The van der Waals surface area contributed by atoms with E-state index in [9.17, 15) is 9.59 Å². The molecule has 0 radical (unpaired) electrons. The maximum atomic E-state index is 12.8. The van der Waals surface area contributed by atoms with Crippen molar-refractivity contribution in [3.8, 4) is 0 Å². The zero-order valence-electron chi connectivity index (χ0n) is 13.1. The van der Waals surface area contributed by atoms with E-state index in [4.69, 9.17) is 0 Å². The lowest BCUT2D eigenvalue weighted by Crippen LogP contribution is -2.33. The minimum Gasteiger partial charge on any atom is -0.338 e. The summed E-state index contributed by atoms with van der Waals surface area (Å²) < 4.78 is 0. The number of nitrogens with zero attached hydrogens (tertiary/aromatic N) is 1. The first-order chi connectivity index (χ1) is 10.7. The summed E-state index contributed by atoms with van der Waals surface area (Å²) in [5.74, 6) is 0.185. The van der Waals surface area contributed by atoms with Gasteiger partial charge in [-0.15, -0.1) is 12.4 Å². The SMILES string of the molecule is Cl.O=C1CCc2cc(C(=O)N3CCC4(CCNC4)C3)ccc2N1. The molecule has 5 nitrogen and oxygen atoms in total. The Labute approximate surface area is 142 Å². The van der Waals surface area contributed by atoms with Crippen molar-refractivity contribution >= 4 is 29.9 Å². The van der Waals surface area contributed by atoms with E-state index in [0.717, 1.165) is 55.8 Å². The van der Waals surface area contributed by atoms with Crippen molar-refractivity contribution < 1.29 is 9.59 Å². The molecule has 0 aliphatic carbocycles. The van der Waals surface area contributed by atoms with E-state index in [1.54, 1.807) is 0 Å². The van der Waals surface area contributed by atoms with Crippen LogP contribution >= 0.6 is 12.4 Å². The summed E-state index contributed by atoms with van der Waals surface area (Å²) in [4.78, 5) is 26.2. The van der Waals surface area contributed by atoms with Crippen LogP contribution < -0.4 is 10.6 Å². The number of hydrogen-bond donors (Lipinski definition) is 2. The van der Waals surface area contributed by atoms with Gasteiger partial charge in [-0.2, -0.15) is 0 Å². The zero-order valence-corrected chi connectivity index (χ0v) is 13.9. The normalized spacial score (nSPS) is 25.9. The van der Waals surface area contributed by atoms with Crippen LogP contribution in [-0.4, -0.2) is 42.9 Å². The summed E-state index contributed by atoms with van der Waals surface area (Å²) >= 11 is 0. The van der Waals surface area contributed by atoms with Crippen molar-refractivity contribution in [2.24, 2.45) is 5.41 Å². The maximum absolute atomic E-state index is 12.8. The van der Waals surface area contributed by atoms with Crippen molar-refractivity contribution in [2.45, 2.75) is 25.7 Å². The Kier molecular flexibility index (Phi) is 4.34. The second-order valence-corrected chi connectivity index (χ2v) is 6.82. The molecule has 2 amide bonds. The second-order valence-electron chi connectivity index (χ2n) is 6.82. The van der Waals surface area contributed by atoms with Crippen LogP contribution in [0.25, 0.3) is 0 Å². The average Bonchev–Trinajstić information content (AvgIpc) is 3.16. The minimum absolute atomic E-state index is 0. The Morgan fingerprint density at radius 3 is 2.87 bits per heavy atom. The lowest BCUT2D eigenvalue weighted by atomic mass is 9.86. The molecule has 6 heteroatoms. The van der Waals surface area contributed by atoms with Crippen LogP contribution in [0.4, 0.5) is 5.69 Å². The van der Waals surface area contributed by atoms with Crippen molar-refractivity contribution in [3.05, 3.63) is 29.3 Å². The first-order valence-corrected chi connectivity index (χ1v) is 8.08. The molecule has 2 fully saturated rings. The number of carbonyl (C=O) groups excluding carboxylic acids is 2. The lowest BCUT2D eigenvalue weighted by Gasteiger charge is -2.23. The summed E-state index contributed by atoms with van der Waals surface area (Å²) in [6.07, 6.45) is 3.50. The number of benzene rings is 1. The molecule has 4 rings (SSSR count). The molecule has 0 aromatic heterocycles. The van der Waals surface area contributed by atoms with Crippen LogP contribution in [0.5, 0.6) is 0 Å². The largest absolute Gasteiger partial charge is 0.338 e. The first-order valence-electron chi connectivity index (χ1n) is 8.08. The van der Waals surface area contributed by atoms with E-state index in [2.05, 4.69) is 10.6 Å². The van der Waals surface area contributed by atoms with E-state index in [0.29, 0.717) is 11.8 Å². The van der Waals surface area contributed by atoms with Gasteiger partial charge in [0.05, 0.1) is 0 Å². The van der Waals surface area contributed by atoms with Crippen LogP contribution in [0.15, 0.2) is 18.2 Å². The molecule has 1 aromatic rings. The van der Waals surface area contributed by atoms with Gasteiger partial charge in [-0.25, -0.2) is 0 Å². The topological polar surface area (TPSA) is 61.4 Å². The lowest BCUT2D eigenvalue weighted by molar-refractivity contribution is -0.116. The van der Waals surface area contributed by atoms with Gasteiger partial charge in [0, 0.05) is 42.7 Å². The molecule has 23 heavy (non-hydrogen) atoms. The van der Waals surface area contributed by atoms with Crippen LogP contribution in [0.1, 0.15) is 35.2 Å². The number of likely N-dealkylation sites (tertiary alicyclic amines) is 1. The highest BCUT2D eigenvalue weighted by atomic mass is 35.5. The van der Waals surface area contributed by atoms with Crippen molar-refractivity contribution in [1.29, 1.82) is 0 Å². The molecule has 3 aliphatic rings. The molecule has 1 aromatic carbocycles. The molecular weight excluding hydrogens is 314 g/mol. The highest BCUT2D eigenvalue weighted by molar-refractivity contribution is 5.98. The molecule has 3 aliphatic heterocycles. The quantitative estimate of drug-likeness (QED) is 0.823. The molecule has 1 unspecified atom stereocenters. The van der Waals surface area contributed by atoms with E-state index in [-0.39, 0.29) is 24.2 Å². The Bertz CT molecular complexity index is 641. The summed E-state index contributed by atoms with van der Waals surface area (Å²) in [6, 6.07) is 5.66. The highest BCUT2D eigenvalue weighted by Crippen LogP contribution is 2.36. The fourth-order valence-electron chi connectivity index (χ4n) is 3.95. The number of amides is 2. The number of rotatable bonds is 1.